The zero-order chi connectivity index (χ0) is 16.9. The normalized spacial score (nSPS) is 18.9. The van der Waals surface area contributed by atoms with Crippen molar-refractivity contribution in [3.05, 3.63) is 59.7 Å². The molecule has 2 aromatic rings. The van der Waals surface area contributed by atoms with Crippen molar-refractivity contribution in [3.8, 4) is 5.75 Å². The van der Waals surface area contributed by atoms with Crippen LogP contribution in [0.5, 0.6) is 5.75 Å². The van der Waals surface area contributed by atoms with Gasteiger partial charge in [-0.2, -0.15) is 0 Å². The Morgan fingerprint density at radius 1 is 1.12 bits per heavy atom. The lowest BCUT2D eigenvalue weighted by Gasteiger charge is -2.31. The third-order valence-electron chi connectivity index (χ3n) is 4.45. The van der Waals surface area contributed by atoms with Crippen molar-refractivity contribution >= 4 is 11.5 Å². The van der Waals surface area contributed by atoms with Crippen LogP contribution in [0.25, 0.3) is 0 Å². The van der Waals surface area contributed by atoms with Crippen LogP contribution in [-0.4, -0.2) is 26.1 Å². The Morgan fingerprint density at radius 2 is 1.83 bits per heavy atom. The molecule has 0 bridgehead atoms. The fraction of sp³-hybridized carbons (Fsp3) is 0.350. The summed E-state index contributed by atoms with van der Waals surface area (Å²) in [7, 11) is 1.65. The lowest BCUT2D eigenvalue weighted by molar-refractivity contribution is -0.131. The molecule has 4 nitrogen and oxygen atoms in total. The first-order valence-electron chi connectivity index (χ1n) is 8.25. The average molecular weight is 325 g/mol. The van der Waals surface area contributed by atoms with E-state index >= 15 is 0 Å². The number of anilines is 1. The summed E-state index contributed by atoms with van der Waals surface area (Å²) >= 11 is 0. The van der Waals surface area contributed by atoms with Crippen LogP contribution in [0, 0.1) is 12.8 Å². The number of aryl methyl sites for hydroxylation is 1. The smallest absolute Gasteiger partial charge is 0.142 e. The van der Waals surface area contributed by atoms with Gasteiger partial charge in [0.1, 0.15) is 11.5 Å². The molecule has 1 heterocycles. The molecule has 126 valence electrons. The van der Waals surface area contributed by atoms with Gasteiger partial charge in [0.05, 0.1) is 32.3 Å². The summed E-state index contributed by atoms with van der Waals surface area (Å²) in [5, 5.41) is 3.51. The van der Waals surface area contributed by atoms with Gasteiger partial charge in [0, 0.05) is 12.1 Å². The molecule has 0 amide bonds. The number of benzene rings is 2. The van der Waals surface area contributed by atoms with E-state index in [0.717, 1.165) is 17.0 Å². The Labute approximate surface area is 142 Å². The number of Topliss-reactive ketones (excluding diaryl/α,β-unsaturated/α-hetero) is 1. The minimum absolute atomic E-state index is 0.105. The molecule has 2 atom stereocenters. The van der Waals surface area contributed by atoms with Crippen molar-refractivity contribution in [2.75, 3.05) is 25.6 Å². The first kappa shape index (κ1) is 16.5. The van der Waals surface area contributed by atoms with Gasteiger partial charge in [-0.15, -0.1) is 0 Å². The summed E-state index contributed by atoms with van der Waals surface area (Å²) in [4.78, 5) is 12.4. The molecule has 4 heteroatoms. The van der Waals surface area contributed by atoms with Crippen LogP contribution in [-0.2, 0) is 9.53 Å². The van der Waals surface area contributed by atoms with Gasteiger partial charge >= 0.3 is 0 Å². The fourth-order valence-electron chi connectivity index (χ4n) is 3.00. The molecule has 3 rings (SSSR count). The molecule has 0 aliphatic carbocycles. The lowest BCUT2D eigenvalue weighted by Crippen LogP contribution is -2.35. The van der Waals surface area contributed by atoms with Gasteiger partial charge in [-0.3, -0.25) is 4.79 Å². The first-order chi connectivity index (χ1) is 11.7. The maximum absolute atomic E-state index is 12.4. The summed E-state index contributed by atoms with van der Waals surface area (Å²) in [5.41, 5.74) is 3.26. The predicted octanol–water partition coefficient (Wildman–Crippen LogP) is 3.76. The van der Waals surface area contributed by atoms with E-state index in [-0.39, 0.29) is 17.7 Å². The summed E-state index contributed by atoms with van der Waals surface area (Å²) in [6, 6.07) is 16.0. The number of hydrogen-bond acceptors (Lipinski definition) is 4. The van der Waals surface area contributed by atoms with Gasteiger partial charge in [-0.05, 0) is 36.8 Å². The van der Waals surface area contributed by atoms with Crippen molar-refractivity contribution in [3.63, 3.8) is 0 Å². The van der Waals surface area contributed by atoms with Gasteiger partial charge in [0.25, 0.3) is 0 Å². The largest absolute Gasteiger partial charge is 0.497 e. The van der Waals surface area contributed by atoms with Crippen LogP contribution in [0.2, 0.25) is 0 Å². The van der Waals surface area contributed by atoms with E-state index in [9.17, 15) is 4.79 Å². The molecular weight excluding hydrogens is 302 g/mol. The Bertz CT molecular complexity index is 679. The van der Waals surface area contributed by atoms with E-state index in [1.807, 2.05) is 24.3 Å². The van der Waals surface area contributed by atoms with Crippen LogP contribution < -0.4 is 10.1 Å². The third-order valence-corrected chi connectivity index (χ3v) is 4.45. The molecule has 0 saturated carbocycles. The van der Waals surface area contributed by atoms with E-state index in [1.165, 1.54) is 5.56 Å². The standard InChI is InChI=1S/C20H23NO3/c1-14-3-5-15(6-4-14)20(18-13-24-12-11-19(18)22)21-16-7-9-17(23-2)10-8-16/h3-10,18,20-21H,11-13H2,1-2H3/t18?,20-/m1/s1. The van der Waals surface area contributed by atoms with E-state index in [0.29, 0.717) is 19.6 Å². The van der Waals surface area contributed by atoms with Crippen molar-refractivity contribution in [2.45, 2.75) is 19.4 Å². The maximum atomic E-state index is 12.4. The second kappa shape index (κ2) is 7.49. The quantitative estimate of drug-likeness (QED) is 0.909. The molecule has 1 fully saturated rings. The number of hydrogen-bond donors (Lipinski definition) is 1. The highest BCUT2D eigenvalue weighted by Crippen LogP contribution is 2.31. The van der Waals surface area contributed by atoms with Gasteiger partial charge < -0.3 is 14.8 Å². The van der Waals surface area contributed by atoms with Crippen molar-refractivity contribution < 1.29 is 14.3 Å². The van der Waals surface area contributed by atoms with E-state index in [2.05, 4.69) is 36.5 Å². The van der Waals surface area contributed by atoms with Crippen LogP contribution >= 0.6 is 0 Å². The summed E-state index contributed by atoms with van der Waals surface area (Å²) in [5.74, 6) is 0.890. The van der Waals surface area contributed by atoms with Crippen LogP contribution in [0.15, 0.2) is 48.5 Å². The molecule has 0 aromatic heterocycles. The number of methoxy groups -OCH3 is 1. The minimum Gasteiger partial charge on any atom is -0.497 e. The maximum Gasteiger partial charge on any atom is 0.142 e. The Balaban J connectivity index is 1.88. The second-order valence-corrected chi connectivity index (χ2v) is 6.16. The highest BCUT2D eigenvalue weighted by Gasteiger charge is 2.32. The second-order valence-electron chi connectivity index (χ2n) is 6.16. The number of rotatable bonds is 5. The van der Waals surface area contributed by atoms with Crippen LogP contribution in [0.3, 0.4) is 0 Å². The molecule has 1 saturated heterocycles. The van der Waals surface area contributed by atoms with Crippen molar-refractivity contribution in [2.24, 2.45) is 5.92 Å². The number of carbonyl (C=O) groups is 1. The highest BCUT2D eigenvalue weighted by molar-refractivity contribution is 5.83. The molecule has 24 heavy (non-hydrogen) atoms. The number of ketones is 1. The molecule has 1 aliphatic heterocycles. The van der Waals surface area contributed by atoms with Crippen molar-refractivity contribution in [1.82, 2.24) is 0 Å². The first-order valence-corrected chi connectivity index (χ1v) is 8.25. The Kier molecular flexibility index (Phi) is 5.16. The molecule has 1 aliphatic rings. The predicted molar refractivity (Wildman–Crippen MR) is 94.5 cm³/mol. The third kappa shape index (κ3) is 3.77. The number of carbonyl (C=O) groups excluding carboxylic acids is 1. The average Bonchev–Trinajstić information content (AvgIpc) is 2.62. The lowest BCUT2D eigenvalue weighted by atomic mass is 9.87. The zero-order valence-corrected chi connectivity index (χ0v) is 14.1. The minimum atomic E-state index is -0.177. The number of ether oxygens (including phenoxy) is 2. The molecule has 2 aromatic carbocycles. The van der Waals surface area contributed by atoms with Gasteiger partial charge in [0.15, 0.2) is 0 Å². The highest BCUT2D eigenvalue weighted by atomic mass is 16.5. The van der Waals surface area contributed by atoms with E-state index in [4.69, 9.17) is 9.47 Å². The van der Waals surface area contributed by atoms with Crippen LogP contribution in [0.1, 0.15) is 23.6 Å². The van der Waals surface area contributed by atoms with E-state index in [1.54, 1.807) is 7.11 Å². The molecular formula is C20H23NO3. The molecule has 0 radical (unpaired) electrons. The zero-order valence-electron chi connectivity index (χ0n) is 14.1. The summed E-state index contributed by atoms with van der Waals surface area (Å²) in [6.45, 7) is 3.05. The molecule has 1 unspecified atom stereocenters. The SMILES string of the molecule is COc1ccc(N[C@H](c2ccc(C)cc2)C2COCCC2=O)cc1. The Morgan fingerprint density at radius 3 is 2.46 bits per heavy atom. The monoisotopic (exact) mass is 325 g/mol. The van der Waals surface area contributed by atoms with Gasteiger partial charge in [0.2, 0.25) is 0 Å². The molecule has 1 N–H and O–H groups in total. The van der Waals surface area contributed by atoms with Gasteiger partial charge in [-0.25, -0.2) is 0 Å². The van der Waals surface area contributed by atoms with Gasteiger partial charge in [-0.1, -0.05) is 29.8 Å². The van der Waals surface area contributed by atoms with Crippen LogP contribution in [0.4, 0.5) is 5.69 Å². The summed E-state index contributed by atoms with van der Waals surface area (Å²) < 4.78 is 10.8. The summed E-state index contributed by atoms with van der Waals surface area (Å²) in [6.07, 6.45) is 0.483. The van der Waals surface area contributed by atoms with E-state index < -0.39 is 0 Å². The Hall–Kier alpha value is -2.33. The topological polar surface area (TPSA) is 47.6 Å². The fourth-order valence-corrected chi connectivity index (χ4v) is 3.00. The van der Waals surface area contributed by atoms with Crippen molar-refractivity contribution in [1.29, 1.82) is 0 Å². The molecule has 0 spiro atoms. The number of nitrogens with one attached hydrogen (secondary N) is 1.